The zero-order valence-corrected chi connectivity index (χ0v) is 7.08. The lowest BCUT2D eigenvalue weighted by Gasteiger charge is -2.07. The van der Waals surface area contributed by atoms with E-state index in [-0.39, 0.29) is 6.61 Å². The first-order chi connectivity index (χ1) is 5.92. The number of aromatic nitrogens is 2. The average molecular weight is 166 g/mol. The zero-order valence-electron chi connectivity index (χ0n) is 7.08. The van der Waals surface area contributed by atoms with Crippen LogP contribution in [0.4, 0.5) is 0 Å². The van der Waals surface area contributed by atoms with Crippen LogP contribution in [-0.4, -0.2) is 15.3 Å². The molecule has 12 heavy (non-hydrogen) atoms. The molecule has 0 aliphatic heterocycles. The van der Waals surface area contributed by atoms with Crippen molar-refractivity contribution in [1.29, 1.82) is 0 Å². The molecule has 3 heteroatoms. The number of hydrogen-bond acceptors (Lipinski definition) is 2. The number of aliphatic hydroxyl groups excluding tert-OH is 1. The van der Waals surface area contributed by atoms with Crippen LogP contribution < -0.4 is 0 Å². The monoisotopic (exact) mass is 166 g/mol. The molecule has 0 saturated heterocycles. The first kappa shape index (κ1) is 7.80. The minimum atomic E-state index is 0.113. The molecular weight excluding hydrogens is 152 g/mol. The molecular formula is C9H14N2O. The summed E-state index contributed by atoms with van der Waals surface area (Å²) in [5.74, 6) is 0.620. The molecule has 2 N–H and O–H groups in total. The summed E-state index contributed by atoms with van der Waals surface area (Å²) in [6, 6.07) is 0. The number of aromatic amines is 1. The van der Waals surface area contributed by atoms with Crippen LogP contribution in [0.2, 0.25) is 0 Å². The highest BCUT2D eigenvalue weighted by atomic mass is 16.3. The van der Waals surface area contributed by atoms with Crippen molar-refractivity contribution in [2.45, 2.75) is 38.2 Å². The Bertz CT molecular complexity index is 251. The van der Waals surface area contributed by atoms with Gasteiger partial charge < -0.3 is 5.11 Å². The van der Waals surface area contributed by atoms with Crippen molar-refractivity contribution in [3.8, 4) is 0 Å². The summed E-state index contributed by atoms with van der Waals surface area (Å²) in [5, 5.41) is 15.9. The molecule has 1 saturated carbocycles. The van der Waals surface area contributed by atoms with E-state index in [9.17, 15) is 0 Å². The van der Waals surface area contributed by atoms with Crippen molar-refractivity contribution in [2.24, 2.45) is 0 Å². The summed E-state index contributed by atoms with van der Waals surface area (Å²) in [7, 11) is 0. The van der Waals surface area contributed by atoms with Crippen LogP contribution in [0.5, 0.6) is 0 Å². The molecule has 0 radical (unpaired) electrons. The van der Waals surface area contributed by atoms with Crippen LogP contribution >= 0.6 is 0 Å². The van der Waals surface area contributed by atoms with Gasteiger partial charge in [-0.1, -0.05) is 12.8 Å². The van der Waals surface area contributed by atoms with Crippen LogP contribution in [0.1, 0.15) is 42.9 Å². The molecule has 0 unspecified atom stereocenters. The van der Waals surface area contributed by atoms with E-state index in [1.165, 1.54) is 25.7 Å². The van der Waals surface area contributed by atoms with Crippen molar-refractivity contribution >= 4 is 0 Å². The van der Waals surface area contributed by atoms with E-state index in [1.807, 2.05) is 0 Å². The van der Waals surface area contributed by atoms with Crippen molar-refractivity contribution in [1.82, 2.24) is 10.2 Å². The van der Waals surface area contributed by atoms with Crippen molar-refractivity contribution in [3.63, 3.8) is 0 Å². The molecule has 0 bridgehead atoms. The molecule has 3 nitrogen and oxygen atoms in total. The third-order valence-electron chi connectivity index (χ3n) is 2.69. The zero-order chi connectivity index (χ0) is 8.39. The van der Waals surface area contributed by atoms with Crippen LogP contribution in [0.15, 0.2) is 6.20 Å². The Labute approximate surface area is 71.8 Å². The van der Waals surface area contributed by atoms with Crippen LogP contribution in [-0.2, 0) is 6.61 Å². The molecule has 1 heterocycles. The number of aliphatic hydroxyl groups is 1. The van der Waals surface area contributed by atoms with Crippen LogP contribution in [0.3, 0.4) is 0 Å². The Balaban J connectivity index is 2.19. The lowest BCUT2D eigenvalue weighted by atomic mass is 10.0. The molecule has 1 aromatic heterocycles. The molecule has 66 valence electrons. The maximum Gasteiger partial charge on any atom is 0.0715 e. The first-order valence-electron chi connectivity index (χ1n) is 4.55. The van der Waals surface area contributed by atoms with E-state index >= 15 is 0 Å². The predicted octanol–water partition coefficient (Wildman–Crippen LogP) is 1.56. The SMILES string of the molecule is OCc1cn[nH]c1C1CCCC1. The Kier molecular flexibility index (Phi) is 2.13. The van der Waals surface area contributed by atoms with E-state index in [1.54, 1.807) is 6.20 Å². The van der Waals surface area contributed by atoms with E-state index in [4.69, 9.17) is 5.11 Å². The Morgan fingerprint density at radius 3 is 2.92 bits per heavy atom. The number of nitrogens with one attached hydrogen (secondary N) is 1. The lowest BCUT2D eigenvalue weighted by Crippen LogP contribution is -1.97. The average Bonchev–Trinajstić information content (AvgIpc) is 2.74. The van der Waals surface area contributed by atoms with Gasteiger partial charge in [0.1, 0.15) is 0 Å². The third-order valence-corrected chi connectivity index (χ3v) is 2.69. The fraction of sp³-hybridized carbons (Fsp3) is 0.667. The smallest absolute Gasteiger partial charge is 0.0715 e. The van der Waals surface area contributed by atoms with Crippen LogP contribution in [0, 0.1) is 0 Å². The van der Waals surface area contributed by atoms with Gasteiger partial charge in [-0.15, -0.1) is 0 Å². The highest BCUT2D eigenvalue weighted by Gasteiger charge is 2.20. The summed E-state index contributed by atoms with van der Waals surface area (Å²) in [5.41, 5.74) is 2.14. The van der Waals surface area contributed by atoms with Crippen molar-refractivity contribution in [3.05, 3.63) is 17.5 Å². The van der Waals surface area contributed by atoms with E-state index < -0.39 is 0 Å². The minimum absolute atomic E-state index is 0.113. The molecule has 1 aromatic rings. The molecule has 2 rings (SSSR count). The van der Waals surface area contributed by atoms with Gasteiger partial charge in [0.2, 0.25) is 0 Å². The topological polar surface area (TPSA) is 48.9 Å². The van der Waals surface area contributed by atoms with Crippen molar-refractivity contribution < 1.29 is 5.11 Å². The Morgan fingerprint density at radius 2 is 2.25 bits per heavy atom. The van der Waals surface area contributed by atoms with Gasteiger partial charge in [0, 0.05) is 17.2 Å². The predicted molar refractivity (Wildman–Crippen MR) is 45.7 cm³/mol. The molecule has 1 aliphatic carbocycles. The second-order valence-electron chi connectivity index (χ2n) is 3.45. The first-order valence-corrected chi connectivity index (χ1v) is 4.55. The quantitative estimate of drug-likeness (QED) is 0.700. The second-order valence-corrected chi connectivity index (χ2v) is 3.45. The van der Waals surface area contributed by atoms with Gasteiger partial charge in [-0.3, -0.25) is 5.10 Å². The maximum atomic E-state index is 9.01. The Hall–Kier alpha value is -0.830. The number of rotatable bonds is 2. The summed E-state index contributed by atoms with van der Waals surface area (Å²) >= 11 is 0. The summed E-state index contributed by atoms with van der Waals surface area (Å²) < 4.78 is 0. The Morgan fingerprint density at radius 1 is 1.50 bits per heavy atom. The van der Waals surface area contributed by atoms with Gasteiger partial charge in [0.15, 0.2) is 0 Å². The van der Waals surface area contributed by atoms with Gasteiger partial charge in [-0.05, 0) is 12.8 Å². The number of hydrogen-bond donors (Lipinski definition) is 2. The number of H-pyrrole nitrogens is 1. The second kappa shape index (κ2) is 3.27. The highest BCUT2D eigenvalue weighted by molar-refractivity contribution is 5.20. The van der Waals surface area contributed by atoms with E-state index in [0.29, 0.717) is 5.92 Å². The van der Waals surface area contributed by atoms with Gasteiger partial charge in [0.25, 0.3) is 0 Å². The largest absolute Gasteiger partial charge is 0.392 e. The van der Waals surface area contributed by atoms with Gasteiger partial charge in [0.05, 0.1) is 12.8 Å². The molecule has 0 aromatic carbocycles. The van der Waals surface area contributed by atoms with Gasteiger partial charge in [-0.25, -0.2) is 0 Å². The molecule has 0 spiro atoms. The van der Waals surface area contributed by atoms with Gasteiger partial charge >= 0.3 is 0 Å². The van der Waals surface area contributed by atoms with Crippen molar-refractivity contribution in [2.75, 3.05) is 0 Å². The van der Waals surface area contributed by atoms with E-state index in [2.05, 4.69) is 10.2 Å². The van der Waals surface area contributed by atoms with E-state index in [0.717, 1.165) is 11.3 Å². The molecule has 1 fully saturated rings. The molecule has 1 aliphatic rings. The number of nitrogens with zero attached hydrogens (tertiary/aromatic N) is 1. The third kappa shape index (κ3) is 1.25. The highest BCUT2D eigenvalue weighted by Crippen LogP contribution is 2.34. The molecule has 0 amide bonds. The van der Waals surface area contributed by atoms with Crippen LogP contribution in [0.25, 0.3) is 0 Å². The fourth-order valence-corrected chi connectivity index (χ4v) is 2.02. The summed E-state index contributed by atoms with van der Waals surface area (Å²) in [6.07, 6.45) is 6.85. The summed E-state index contributed by atoms with van der Waals surface area (Å²) in [4.78, 5) is 0. The lowest BCUT2D eigenvalue weighted by molar-refractivity contribution is 0.280. The normalized spacial score (nSPS) is 18.8. The summed E-state index contributed by atoms with van der Waals surface area (Å²) in [6.45, 7) is 0.113. The molecule has 0 atom stereocenters. The minimum Gasteiger partial charge on any atom is -0.392 e. The maximum absolute atomic E-state index is 9.01. The standard InChI is InChI=1S/C9H14N2O/c12-6-8-5-10-11-9(8)7-3-1-2-4-7/h5,7,12H,1-4,6H2,(H,10,11). The van der Waals surface area contributed by atoms with Gasteiger partial charge in [-0.2, -0.15) is 5.10 Å². The fourth-order valence-electron chi connectivity index (χ4n) is 2.02.